The van der Waals surface area contributed by atoms with E-state index in [0.29, 0.717) is 18.0 Å². The fourth-order valence-electron chi connectivity index (χ4n) is 1.60. The van der Waals surface area contributed by atoms with E-state index in [1.54, 1.807) is 0 Å². The Morgan fingerprint density at radius 2 is 1.95 bits per heavy atom. The third-order valence-electron chi connectivity index (χ3n) is 2.74. The van der Waals surface area contributed by atoms with Gasteiger partial charge in [-0.3, -0.25) is 4.79 Å². The first-order valence-electron chi connectivity index (χ1n) is 7.31. The average molecular weight is 310 g/mol. The zero-order valence-electron chi connectivity index (χ0n) is 13.4. The van der Waals surface area contributed by atoms with E-state index in [0.717, 1.165) is 24.5 Å². The Balaban J connectivity index is 2.33. The molecule has 0 saturated carbocycles. The highest BCUT2D eigenvalue weighted by molar-refractivity contribution is 7.94. The van der Waals surface area contributed by atoms with Gasteiger partial charge in [-0.2, -0.15) is 0 Å². The number of amides is 1. The number of hydrogen-bond donors (Lipinski definition) is 1. The summed E-state index contributed by atoms with van der Waals surface area (Å²) in [7, 11) is 4.05. The fraction of sp³-hybridized carbons (Fsp3) is 0.562. The van der Waals surface area contributed by atoms with Crippen molar-refractivity contribution in [2.45, 2.75) is 25.2 Å². The molecule has 0 aromatic heterocycles. The van der Waals surface area contributed by atoms with Crippen molar-refractivity contribution < 1.29 is 8.98 Å². The lowest BCUT2D eigenvalue weighted by Gasteiger charge is -2.10. The Hall–Kier alpha value is -1.04. The minimum absolute atomic E-state index is 0.0200. The Kier molecular flexibility index (Phi) is 8.42. The zero-order valence-corrected chi connectivity index (χ0v) is 14.2. The molecule has 1 aromatic rings. The van der Waals surface area contributed by atoms with Gasteiger partial charge in [0.15, 0.2) is 0 Å². The molecule has 1 N–H and O–H groups in total. The molecule has 0 heterocycles. The van der Waals surface area contributed by atoms with Gasteiger partial charge >= 0.3 is 0 Å². The molecule has 118 valence electrons. The Morgan fingerprint density at radius 1 is 1.29 bits per heavy atom. The first-order valence-corrected chi connectivity index (χ1v) is 8.05. The predicted molar refractivity (Wildman–Crippen MR) is 88.6 cm³/mol. The van der Waals surface area contributed by atoms with E-state index in [4.69, 9.17) is 4.18 Å². The van der Waals surface area contributed by atoms with Crippen molar-refractivity contribution in [1.82, 2.24) is 10.2 Å². The third-order valence-corrected chi connectivity index (χ3v) is 3.46. The van der Waals surface area contributed by atoms with Crippen LogP contribution in [0.2, 0.25) is 0 Å². The Labute approximate surface area is 132 Å². The highest BCUT2D eigenvalue weighted by Gasteiger charge is 2.05. The Bertz CT molecular complexity index is 419. The van der Waals surface area contributed by atoms with E-state index < -0.39 is 0 Å². The van der Waals surface area contributed by atoms with Gasteiger partial charge in [-0.15, -0.1) is 0 Å². The molecule has 4 nitrogen and oxygen atoms in total. The largest absolute Gasteiger partial charge is 0.352 e. The fourth-order valence-corrected chi connectivity index (χ4v) is 2.32. The second-order valence-electron chi connectivity index (χ2n) is 5.70. The van der Waals surface area contributed by atoms with Crippen molar-refractivity contribution in [3.63, 3.8) is 0 Å². The van der Waals surface area contributed by atoms with Gasteiger partial charge in [-0.05, 0) is 57.2 Å². The monoisotopic (exact) mass is 310 g/mol. The molecule has 0 aliphatic carbocycles. The van der Waals surface area contributed by atoms with Gasteiger partial charge in [0.25, 0.3) is 5.91 Å². The summed E-state index contributed by atoms with van der Waals surface area (Å²) >= 11 is 1.36. The van der Waals surface area contributed by atoms with Crippen LogP contribution in [-0.2, 0) is 4.18 Å². The van der Waals surface area contributed by atoms with Crippen molar-refractivity contribution in [3.8, 4) is 0 Å². The summed E-state index contributed by atoms with van der Waals surface area (Å²) in [5.74, 6) is 0.498. The lowest BCUT2D eigenvalue weighted by molar-refractivity contribution is 0.0952. The normalized spacial score (nSPS) is 11.1. The third kappa shape index (κ3) is 8.09. The van der Waals surface area contributed by atoms with Crippen LogP contribution in [-0.4, -0.2) is 44.6 Å². The van der Waals surface area contributed by atoms with Gasteiger partial charge < -0.3 is 14.4 Å². The smallest absolute Gasteiger partial charge is 0.251 e. The summed E-state index contributed by atoms with van der Waals surface area (Å²) in [5, 5.41) is 2.93. The molecule has 0 atom stereocenters. The minimum atomic E-state index is -0.0200. The molecule has 0 saturated heterocycles. The first kappa shape index (κ1) is 18.0. The molecule has 21 heavy (non-hydrogen) atoms. The molecule has 5 heteroatoms. The number of hydrogen-bond acceptors (Lipinski definition) is 4. The summed E-state index contributed by atoms with van der Waals surface area (Å²) in [6, 6.07) is 7.50. The Morgan fingerprint density at radius 3 is 2.52 bits per heavy atom. The predicted octanol–water partition coefficient (Wildman–Crippen LogP) is 3.05. The summed E-state index contributed by atoms with van der Waals surface area (Å²) in [5.41, 5.74) is 0.688. The van der Waals surface area contributed by atoms with Crippen LogP contribution in [0.3, 0.4) is 0 Å². The number of carbonyl (C=O) groups excluding carboxylic acids is 1. The van der Waals surface area contributed by atoms with Crippen molar-refractivity contribution >= 4 is 17.9 Å². The minimum Gasteiger partial charge on any atom is -0.352 e. The van der Waals surface area contributed by atoms with Gasteiger partial charge in [-0.25, -0.2) is 0 Å². The lowest BCUT2D eigenvalue weighted by atomic mass is 10.2. The second kappa shape index (κ2) is 9.82. The van der Waals surface area contributed by atoms with Crippen LogP contribution in [0.15, 0.2) is 29.2 Å². The van der Waals surface area contributed by atoms with E-state index in [9.17, 15) is 4.79 Å². The number of nitrogens with zero attached hydrogens (tertiary/aromatic N) is 1. The molecular formula is C16H26N2O2S. The van der Waals surface area contributed by atoms with Crippen LogP contribution in [0.25, 0.3) is 0 Å². The number of rotatable bonds is 9. The number of nitrogens with one attached hydrogen (secondary N) is 1. The highest BCUT2D eigenvalue weighted by atomic mass is 32.2. The second-order valence-corrected chi connectivity index (χ2v) is 6.57. The quantitative estimate of drug-likeness (QED) is 0.562. The van der Waals surface area contributed by atoms with E-state index >= 15 is 0 Å². The average Bonchev–Trinajstić information content (AvgIpc) is 2.43. The van der Waals surface area contributed by atoms with E-state index in [1.165, 1.54) is 12.0 Å². The van der Waals surface area contributed by atoms with E-state index in [-0.39, 0.29) is 5.91 Å². The molecule has 0 aliphatic rings. The summed E-state index contributed by atoms with van der Waals surface area (Å²) in [4.78, 5) is 15.1. The van der Waals surface area contributed by atoms with Crippen molar-refractivity contribution in [2.75, 3.05) is 33.8 Å². The number of benzene rings is 1. The maximum Gasteiger partial charge on any atom is 0.251 e. The molecule has 0 aliphatic heterocycles. The topological polar surface area (TPSA) is 41.6 Å². The standard InChI is InChI=1S/C16H26N2O2S/c1-13(2)12-20-21-15-8-6-14(7-9-15)16(19)17-10-5-11-18(3)4/h6-9,13H,5,10-12H2,1-4H3,(H,17,19). The molecule has 1 aromatic carbocycles. The van der Waals surface area contributed by atoms with Crippen molar-refractivity contribution in [2.24, 2.45) is 5.92 Å². The van der Waals surface area contributed by atoms with Gasteiger partial charge in [0.1, 0.15) is 0 Å². The summed E-state index contributed by atoms with van der Waals surface area (Å²) in [6.07, 6.45) is 0.954. The van der Waals surface area contributed by atoms with E-state index in [1.807, 2.05) is 38.4 Å². The lowest BCUT2D eigenvalue weighted by Crippen LogP contribution is -2.27. The van der Waals surface area contributed by atoms with Crippen LogP contribution < -0.4 is 5.32 Å². The molecule has 0 fully saturated rings. The van der Waals surface area contributed by atoms with Crippen LogP contribution in [0, 0.1) is 5.92 Å². The molecular weight excluding hydrogens is 284 g/mol. The van der Waals surface area contributed by atoms with Gasteiger partial charge in [0.2, 0.25) is 0 Å². The van der Waals surface area contributed by atoms with E-state index in [2.05, 4.69) is 24.1 Å². The summed E-state index contributed by atoms with van der Waals surface area (Å²) < 4.78 is 5.49. The zero-order chi connectivity index (χ0) is 15.7. The van der Waals surface area contributed by atoms with Gasteiger partial charge in [-0.1, -0.05) is 13.8 Å². The highest BCUT2D eigenvalue weighted by Crippen LogP contribution is 2.20. The van der Waals surface area contributed by atoms with Gasteiger partial charge in [0, 0.05) is 29.0 Å². The maximum atomic E-state index is 11.9. The molecule has 0 spiro atoms. The van der Waals surface area contributed by atoms with Crippen LogP contribution in [0.4, 0.5) is 0 Å². The molecule has 0 bridgehead atoms. The van der Waals surface area contributed by atoms with Crippen LogP contribution in [0.1, 0.15) is 30.6 Å². The van der Waals surface area contributed by atoms with Crippen molar-refractivity contribution in [3.05, 3.63) is 29.8 Å². The van der Waals surface area contributed by atoms with Crippen LogP contribution in [0.5, 0.6) is 0 Å². The van der Waals surface area contributed by atoms with Crippen molar-refractivity contribution in [1.29, 1.82) is 0 Å². The number of carbonyl (C=O) groups is 1. The molecule has 1 rings (SSSR count). The van der Waals surface area contributed by atoms with Gasteiger partial charge in [0.05, 0.1) is 6.61 Å². The molecule has 0 unspecified atom stereocenters. The molecule has 0 radical (unpaired) electrons. The SMILES string of the molecule is CC(C)COSc1ccc(C(=O)NCCCN(C)C)cc1. The first-order chi connectivity index (χ1) is 9.99. The molecule has 1 amide bonds. The maximum absolute atomic E-state index is 11.9. The summed E-state index contributed by atoms with van der Waals surface area (Å²) in [6.45, 7) is 6.63. The van der Waals surface area contributed by atoms with Crippen LogP contribution >= 0.6 is 12.0 Å².